The molecule has 1 aliphatic rings. The van der Waals surface area contributed by atoms with E-state index in [4.69, 9.17) is 4.98 Å². The Kier molecular flexibility index (Phi) is 3.09. The summed E-state index contributed by atoms with van der Waals surface area (Å²) in [6.45, 7) is 9.24. The van der Waals surface area contributed by atoms with Crippen LogP contribution in [0.15, 0.2) is 48.7 Å². The lowest BCUT2D eigenvalue weighted by molar-refractivity contribution is 0.630. The molecular weight excluding hydrogens is 278 g/mol. The molecule has 4 rings (SSSR count). The number of aromatic nitrogens is 1. The van der Waals surface area contributed by atoms with Gasteiger partial charge in [-0.15, -0.1) is 0 Å². The van der Waals surface area contributed by atoms with E-state index in [-0.39, 0.29) is 5.41 Å². The van der Waals surface area contributed by atoms with Crippen LogP contribution in [-0.4, -0.2) is 4.98 Å². The van der Waals surface area contributed by atoms with E-state index >= 15 is 0 Å². The molecular formula is C22H23N. The minimum absolute atomic E-state index is 0.0118. The Morgan fingerprint density at radius 3 is 2.52 bits per heavy atom. The van der Waals surface area contributed by atoms with E-state index < -0.39 is 0 Å². The summed E-state index contributed by atoms with van der Waals surface area (Å²) in [5.74, 6) is 0.654. The number of hydrogen-bond acceptors (Lipinski definition) is 1. The quantitative estimate of drug-likeness (QED) is 0.588. The van der Waals surface area contributed by atoms with Gasteiger partial charge in [-0.2, -0.15) is 0 Å². The Labute approximate surface area is 138 Å². The second kappa shape index (κ2) is 4.92. The van der Waals surface area contributed by atoms with Gasteiger partial charge in [0.15, 0.2) is 0 Å². The Bertz CT molecular complexity index is 903. The van der Waals surface area contributed by atoms with E-state index in [1.54, 1.807) is 0 Å². The number of hydrogen-bond donors (Lipinski definition) is 0. The highest BCUT2D eigenvalue weighted by Gasteiger charge is 2.33. The minimum atomic E-state index is 0.0118. The lowest BCUT2D eigenvalue weighted by atomic mass is 9.68. The van der Waals surface area contributed by atoms with Gasteiger partial charge in [0.1, 0.15) is 0 Å². The predicted octanol–water partition coefficient (Wildman–Crippen LogP) is 5.74. The third-order valence-electron chi connectivity index (χ3n) is 5.11. The first-order valence-corrected chi connectivity index (χ1v) is 8.50. The summed E-state index contributed by atoms with van der Waals surface area (Å²) in [4.78, 5) is 4.69. The fraction of sp³-hybridized carbons (Fsp3) is 0.318. The van der Waals surface area contributed by atoms with Crippen LogP contribution in [0.5, 0.6) is 0 Å². The van der Waals surface area contributed by atoms with Gasteiger partial charge in [-0.25, -0.2) is 0 Å². The molecule has 0 bridgehead atoms. The van der Waals surface area contributed by atoms with Gasteiger partial charge in [0.2, 0.25) is 0 Å². The maximum Gasteiger partial charge on any atom is 0.0714 e. The lowest BCUT2D eigenvalue weighted by Crippen LogP contribution is -2.24. The van der Waals surface area contributed by atoms with Crippen LogP contribution < -0.4 is 0 Å². The molecule has 23 heavy (non-hydrogen) atoms. The first kappa shape index (κ1) is 14.4. The van der Waals surface area contributed by atoms with Crippen molar-refractivity contribution in [2.75, 3.05) is 0 Å². The molecule has 0 aliphatic heterocycles. The monoisotopic (exact) mass is 301 g/mol. The van der Waals surface area contributed by atoms with E-state index in [0.717, 1.165) is 11.9 Å². The molecule has 0 N–H and O–H groups in total. The molecule has 2 aromatic carbocycles. The van der Waals surface area contributed by atoms with Crippen LogP contribution in [0.4, 0.5) is 0 Å². The second-order valence-electron chi connectivity index (χ2n) is 7.66. The Morgan fingerprint density at radius 1 is 0.957 bits per heavy atom. The molecule has 1 heteroatoms. The summed E-state index contributed by atoms with van der Waals surface area (Å²) in [5.41, 5.74) is 8.08. The molecule has 1 aromatic heterocycles. The van der Waals surface area contributed by atoms with E-state index in [1.807, 2.05) is 6.20 Å². The van der Waals surface area contributed by atoms with Crippen LogP contribution in [-0.2, 0) is 11.8 Å². The van der Waals surface area contributed by atoms with Crippen LogP contribution in [0.1, 0.15) is 44.4 Å². The van der Waals surface area contributed by atoms with Crippen LogP contribution in [0.3, 0.4) is 0 Å². The molecule has 1 heterocycles. The molecule has 0 atom stereocenters. The maximum absolute atomic E-state index is 4.69. The van der Waals surface area contributed by atoms with Crippen LogP contribution in [0.25, 0.3) is 22.0 Å². The van der Waals surface area contributed by atoms with Crippen molar-refractivity contribution >= 4 is 10.9 Å². The Hall–Kier alpha value is -2.15. The van der Waals surface area contributed by atoms with Gasteiger partial charge in [0, 0.05) is 17.0 Å². The smallest absolute Gasteiger partial charge is 0.0714 e. The van der Waals surface area contributed by atoms with Crippen molar-refractivity contribution in [3.63, 3.8) is 0 Å². The molecule has 0 amide bonds. The summed E-state index contributed by atoms with van der Waals surface area (Å²) in [6, 6.07) is 15.7. The first-order chi connectivity index (χ1) is 11.0. The zero-order valence-corrected chi connectivity index (χ0v) is 14.4. The van der Waals surface area contributed by atoms with E-state index in [1.165, 1.54) is 33.2 Å². The van der Waals surface area contributed by atoms with Gasteiger partial charge in [-0.1, -0.05) is 58.0 Å². The van der Waals surface area contributed by atoms with Crippen LogP contribution in [0, 0.1) is 5.92 Å². The maximum atomic E-state index is 4.69. The third kappa shape index (κ3) is 2.10. The van der Waals surface area contributed by atoms with Gasteiger partial charge in [0.05, 0.1) is 5.52 Å². The van der Waals surface area contributed by atoms with Crippen molar-refractivity contribution in [3.8, 4) is 11.1 Å². The van der Waals surface area contributed by atoms with E-state index in [0.29, 0.717) is 5.92 Å². The third-order valence-corrected chi connectivity index (χ3v) is 5.11. The van der Waals surface area contributed by atoms with E-state index in [2.05, 4.69) is 70.2 Å². The predicted molar refractivity (Wildman–Crippen MR) is 97.8 cm³/mol. The summed E-state index contributed by atoms with van der Waals surface area (Å²) in [6.07, 6.45) is 3.06. The average molecular weight is 301 g/mol. The zero-order chi connectivity index (χ0) is 16.2. The number of benzene rings is 2. The number of nitrogens with zero attached hydrogens (tertiary/aromatic N) is 1. The summed E-state index contributed by atoms with van der Waals surface area (Å²) in [7, 11) is 0. The lowest BCUT2D eigenvalue weighted by Gasteiger charge is -2.35. The summed E-state index contributed by atoms with van der Waals surface area (Å²) >= 11 is 0. The SMILES string of the molecule is CC(C)Cc1cc2c3c(ccnc3c1)-c1ccccc1C2(C)C. The number of pyridine rings is 1. The van der Waals surface area contributed by atoms with Crippen molar-refractivity contribution in [1.29, 1.82) is 0 Å². The molecule has 0 saturated heterocycles. The van der Waals surface area contributed by atoms with Crippen molar-refractivity contribution in [2.45, 2.75) is 39.5 Å². The summed E-state index contributed by atoms with van der Waals surface area (Å²) < 4.78 is 0. The van der Waals surface area contributed by atoms with Crippen molar-refractivity contribution in [2.24, 2.45) is 5.92 Å². The molecule has 0 unspecified atom stereocenters. The standard InChI is InChI=1S/C22H23N/c1-14(2)11-15-12-19-21-17(9-10-23-20(21)13-15)16-7-5-6-8-18(16)22(19,3)4/h5-10,12-14H,11H2,1-4H3. The molecule has 1 nitrogen and oxygen atoms in total. The van der Waals surface area contributed by atoms with Gasteiger partial charge >= 0.3 is 0 Å². The largest absolute Gasteiger partial charge is 0.256 e. The van der Waals surface area contributed by atoms with Gasteiger partial charge in [0.25, 0.3) is 0 Å². The van der Waals surface area contributed by atoms with E-state index in [9.17, 15) is 0 Å². The topological polar surface area (TPSA) is 12.9 Å². The van der Waals surface area contributed by atoms with Crippen LogP contribution in [0.2, 0.25) is 0 Å². The second-order valence-corrected chi connectivity index (χ2v) is 7.66. The molecule has 0 spiro atoms. The highest BCUT2D eigenvalue weighted by molar-refractivity contribution is 6.01. The highest BCUT2D eigenvalue weighted by Crippen LogP contribution is 2.48. The van der Waals surface area contributed by atoms with Gasteiger partial charge < -0.3 is 0 Å². The Morgan fingerprint density at radius 2 is 1.74 bits per heavy atom. The normalized spacial score (nSPS) is 15.0. The number of fused-ring (bicyclic) bond motifs is 2. The van der Waals surface area contributed by atoms with Crippen molar-refractivity contribution in [3.05, 3.63) is 65.4 Å². The Balaban J connectivity index is 2.11. The molecule has 116 valence electrons. The van der Waals surface area contributed by atoms with Gasteiger partial charge in [-0.3, -0.25) is 4.98 Å². The molecule has 1 aliphatic carbocycles. The fourth-order valence-electron chi connectivity index (χ4n) is 4.06. The van der Waals surface area contributed by atoms with Crippen LogP contribution >= 0.6 is 0 Å². The first-order valence-electron chi connectivity index (χ1n) is 8.50. The fourth-order valence-corrected chi connectivity index (χ4v) is 4.06. The highest BCUT2D eigenvalue weighted by atomic mass is 14.7. The molecule has 0 radical (unpaired) electrons. The van der Waals surface area contributed by atoms with Crippen molar-refractivity contribution in [1.82, 2.24) is 4.98 Å². The molecule has 3 aromatic rings. The summed E-state index contributed by atoms with van der Waals surface area (Å²) in [5, 5.41) is 1.34. The number of rotatable bonds is 2. The zero-order valence-electron chi connectivity index (χ0n) is 14.4. The van der Waals surface area contributed by atoms with Crippen molar-refractivity contribution < 1.29 is 0 Å². The average Bonchev–Trinajstić information content (AvgIpc) is 2.52. The minimum Gasteiger partial charge on any atom is -0.256 e. The van der Waals surface area contributed by atoms with Gasteiger partial charge in [-0.05, 0) is 52.3 Å². The molecule has 0 fully saturated rings. The molecule has 0 saturated carbocycles.